The van der Waals surface area contributed by atoms with Gasteiger partial charge in [0, 0.05) is 72.2 Å². The minimum absolute atomic E-state index is 0.00478. The van der Waals surface area contributed by atoms with Gasteiger partial charge in [-0.2, -0.15) is 0 Å². The lowest BCUT2D eigenvalue weighted by Crippen LogP contribution is -2.64. The second-order valence-corrected chi connectivity index (χ2v) is 24.9. The maximum atomic E-state index is 15.8. The molecule has 4 aromatic carbocycles. The number of hydrogen-bond donors (Lipinski definition) is 3. The monoisotopic (exact) mass is 1090 g/mol. The molecule has 2 saturated carbocycles. The highest BCUT2D eigenvalue weighted by molar-refractivity contribution is 5.90. The Morgan fingerprint density at radius 2 is 1.70 bits per heavy atom. The van der Waals surface area contributed by atoms with Gasteiger partial charge in [0.1, 0.15) is 11.3 Å². The predicted molar refractivity (Wildman–Crippen MR) is 310 cm³/mol. The Morgan fingerprint density at radius 3 is 2.56 bits per heavy atom. The van der Waals surface area contributed by atoms with Gasteiger partial charge in [-0.3, -0.25) is 4.79 Å². The van der Waals surface area contributed by atoms with Gasteiger partial charge >= 0.3 is 17.6 Å². The lowest BCUT2D eigenvalue weighted by atomic mass is 9.56. The lowest BCUT2D eigenvalue weighted by Gasteiger charge is -2.56. The predicted octanol–water partition coefficient (Wildman–Crippen LogP) is 12.3. The first-order chi connectivity index (χ1) is 39.6. The van der Waals surface area contributed by atoms with Gasteiger partial charge in [-0.25, -0.2) is 9.59 Å². The zero-order valence-corrected chi connectivity index (χ0v) is 46.8. The van der Waals surface area contributed by atoms with Gasteiger partial charge < -0.3 is 38.7 Å². The summed E-state index contributed by atoms with van der Waals surface area (Å²) in [6, 6.07) is 28.6. The number of allylic oxidation sites excluding steroid dienone is 4. The second-order valence-electron chi connectivity index (χ2n) is 24.9. The molecule has 11 heteroatoms. The van der Waals surface area contributed by atoms with Gasteiger partial charge in [0.2, 0.25) is 0 Å². The fourth-order valence-electron chi connectivity index (χ4n) is 17.0. The van der Waals surface area contributed by atoms with Crippen molar-refractivity contribution in [2.24, 2.45) is 29.6 Å². The first-order valence-corrected chi connectivity index (χ1v) is 30.1. The fraction of sp³-hybridized carbons (Fsp3) is 0.471. The molecule has 11 nitrogen and oxygen atoms in total. The van der Waals surface area contributed by atoms with Crippen LogP contribution in [-0.2, 0) is 48.7 Å². The summed E-state index contributed by atoms with van der Waals surface area (Å²) >= 11 is 0. The molecular weight excluding hydrogens is 1020 g/mol. The third kappa shape index (κ3) is 9.20. The molecule has 13 rings (SSSR count). The first kappa shape index (κ1) is 53.9. The quantitative estimate of drug-likeness (QED) is 0.0557. The van der Waals surface area contributed by atoms with E-state index in [0.717, 1.165) is 56.1 Å². The van der Waals surface area contributed by atoms with Gasteiger partial charge in [-0.1, -0.05) is 122 Å². The minimum atomic E-state index is -1.32. The van der Waals surface area contributed by atoms with Crippen LogP contribution in [0.4, 0.5) is 0 Å². The Labute approximate surface area is 474 Å². The average molecular weight is 1090 g/mol. The summed E-state index contributed by atoms with van der Waals surface area (Å²) in [7, 11) is 1.52. The summed E-state index contributed by atoms with van der Waals surface area (Å²) in [5, 5.41) is 32.5. The third-order valence-electron chi connectivity index (χ3n) is 20.8. The molecule has 81 heavy (non-hydrogen) atoms. The van der Waals surface area contributed by atoms with Crippen molar-refractivity contribution in [1.82, 2.24) is 0 Å². The van der Waals surface area contributed by atoms with Gasteiger partial charge in [0.25, 0.3) is 0 Å². The molecule has 422 valence electrons. The Bertz CT molecular complexity index is 3450. The Balaban J connectivity index is 0.989. The van der Waals surface area contributed by atoms with Crippen molar-refractivity contribution >= 4 is 29.0 Å². The number of esters is 2. The second kappa shape index (κ2) is 22.1. The topological polar surface area (TPSA) is 162 Å². The minimum Gasteiger partial charge on any atom is -0.482 e. The molecule has 5 aromatic rings. The van der Waals surface area contributed by atoms with E-state index in [1.165, 1.54) is 47.8 Å². The number of fused-ring (bicyclic) bond motifs is 11. The van der Waals surface area contributed by atoms with Crippen LogP contribution in [0.15, 0.2) is 130 Å². The average Bonchev–Trinajstić information content (AvgIpc) is 3.57. The molecule has 0 amide bonds. The van der Waals surface area contributed by atoms with E-state index in [1.807, 2.05) is 6.07 Å². The van der Waals surface area contributed by atoms with Crippen LogP contribution in [0.5, 0.6) is 5.75 Å². The molecule has 0 radical (unpaired) electrons. The van der Waals surface area contributed by atoms with E-state index in [-0.39, 0.29) is 90.3 Å². The number of benzene rings is 4. The van der Waals surface area contributed by atoms with Crippen LogP contribution < -0.4 is 10.4 Å². The van der Waals surface area contributed by atoms with Crippen molar-refractivity contribution in [1.29, 1.82) is 0 Å². The Kier molecular flexibility index (Phi) is 14.7. The zero-order chi connectivity index (χ0) is 55.6. The Hall–Kier alpha value is -6.37. The highest BCUT2D eigenvalue weighted by Crippen LogP contribution is 2.59. The summed E-state index contributed by atoms with van der Waals surface area (Å²) in [5.41, 5.74) is 8.40. The molecule has 1 aromatic heterocycles. The van der Waals surface area contributed by atoms with E-state index in [1.54, 1.807) is 13.0 Å². The molecule has 5 bridgehead atoms. The summed E-state index contributed by atoms with van der Waals surface area (Å²) in [5.74, 6) is -1.22. The molecular formula is C70H76O11. The van der Waals surface area contributed by atoms with Crippen molar-refractivity contribution in [3.8, 4) is 5.75 Å². The van der Waals surface area contributed by atoms with E-state index in [9.17, 15) is 20.1 Å². The lowest BCUT2D eigenvalue weighted by molar-refractivity contribution is -0.213. The first-order valence-electron chi connectivity index (χ1n) is 30.1. The van der Waals surface area contributed by atoms with Crippen LogP contribution >= 0.6 is 0 Å². The largest absolute Gasteiger partial charge is 0.482 e. The van der Waals surface area contributed by atoms with E-state index >= 15 is 9.59 Å². The molecule has 8 aliphatic rings. The van der Waals surface area contributed by atoms with Crippen molar-refractivity contribution in [3.63, 3.8) is 0 Å². The van der Waals surface area contributed by atoms with Crippen LogP contribution in [0.3, 0.4) is 0 Å². The van der Waals surface area contributed by atoms with Gasteiger partial charge in [-0.05, 0) is 157 Å². The van der Waals surface area contributed by atoms with E-state index in [0.29, 0.717) is 59.4 Å². The summed E-state index contributed by atoms with van der Waals surface area (Å²) < 4.78 is 33.8. The summed E-state index contributed by atoms with van der Waals surface area (Å²) in [4.78, 5) is 45.8. The summed E-state index contributed by atoms with van der Waals surface area (Å²) in [6.45, 7) is 0.747. The highest BCUT2D eigenvalue weighted by atomic mass is 16.6. The Morgan fingerprint density at radius 1 is 0.815 bits per heavy atom. The number of aryl methyl sites for hydroxylation is 2. The van der Waals surface area contributed by atoms with Gasteiger partial charge in [0.05, 0.1) is 25.4 Å². The van der Waals surface area contributed by atoms with E-state index in [2.05, 4.69) is 103 Å². The molecule has 3 aliphatic heterocycles. The standard InChI is InChI=1S/C70H76O11/c1-41(38-72)54-26-23-42-18-21-49-34-47(42)20-19-45-12-7-11-44-14-9-32-70(63(44)45)66(80-67(54)75)65(62-59(81-70)29-28-56-57(39-73)61(68(76)79-64(56)62)50(30-33-71)40-77-2)78-60(74)37-51-35-48(24-27-55(49)51)46-13-8-16-53(36-46)69-31-6-5-15-52(69)25-22-43-10-3-4-17-58(43)69/h3-4,8-10,13-14,16-18,21-22,24-25,27-29,34,36,44-45,48,50-52,55,63,65-66,71-73H,5-7,11-12,15,19-20,23,26,30-33,35,37-40H2,1-2H3. The SMILES string of the molecule is COCC(CCO)c1c(CO)c2ccc3c(c2oc1=O)C1OC(=O)CC2CC(c4cccc(C56CCCCC5C=Cc5ccccc56)c4)C=CC2c2ccc4c(c2)CCC2CCCC5C=CCC(O3)(C1OC(=O)C(=C(C)CO)CC4)C52. The van der Waals surface area contributed by atoms with Crippen LogP contribution in [0.1, 0.15) is 170 Å². The number of hydrogen-bond acceptors (Lipinski definition) is 11. The fourth-order valence-corrected chi connectivity index (χ4v) is 17.0. The normalized spacial score (nSPS) is 31.2. The van der Waals surface area contributed by atoms with Gasteiger partial charge in [0.15, 0.2) is 17.8 Å². The van der Waals surface area contributed by atoms with Crippen LogP contribution in [0.2, 0.25) is 0 Å². The van der Waals surface area contributed by atoms with Gasteiger partial charge in [-0.15, -0.1) is 0 Å². The molecule has 0 saturated heterocycles. The molecule has 12 atom stereocenters. The smallest absolute Gasteiger partial charge is 0.340 e. The van der Waals surface area contributed by atoms with Crippen LogP contribution in [0.25, 0.3) is 17.0 Å². The van der Waals surface area contributed by atoms with Crippen molar-refractivity contribution in [2.75, 3.05) is 26.9 Å². The number of rotatable bonds is 9. The van der Waals surface area contributed by atoms with Crippen molar-refractivity contribution in [2.45, 2.75) is 151 Å². The molecule has 2 fully saturated rings. The highest BCUT2D eigenvalue weighted by Gasteiger charge is 2.63. The van der Waals surface area contributed by atoms with Crippen LogP contribution in [0, 0.1) is 29.6 Å². The number of carbonyl (C=O) groups is 2. The van der Waals surface area contributed by atoms with Crippen LogP contribution in [-0.4, -0.2) is 65.9 Å². The van der Waals surface area contributed by atoms with Crippen molar-refractivity contribution in [3.05, 3.63) is 186 Å². The van der Waals surface area contributed by atoms with E-state index in [4.69, 9.17) is 23.4 Å². The number of aliphatic hydroxyl groups excluding tert-OH is 3. The van der Waals surface area contributed by atoms with E-state index < -0.39 is 47.9 Å². The molecule has 12 unspecified atom stereocenters. The molecule has 3 N–H and O–H groups in total. The van der Waals surface area contributed by atoms with Crippen molar-refractivity contribution < 1.29 is 48.3 Å². The maximum Gasteiger partial charge on any atom is 0.340 e. The number of aliphatic hydroxyl groups is 3. The number of carbonyl (C=O) groups excluding carboxylic acids is 2. The summed E-state index contributed by atoms with van der Waals surface area (Å²) in [6.07, 6.45) is 22.7. The molecule has 4 heterocycles. The zero-order valence-electron chi connectivity index (χ0n) is 46.8. The maximum absolute atomic E-state index is 15.8. The third-order valence-corrected chi connectivity index (χ3v) is 20.8. The number of ether oxygens (including phenoxy) is 4. The number of methoxy groups -OCH3 is 1. The molecule has 1 spiro atoms. The molecule has 5 aliphatic carbocycles.